The van der Waals surface area contributed by atoms with Gasteiger partial charge in [-0.25, -0.2) is 0 Å². The van der Waals surface area contributed by atoms with Crippen LogP contribution >= 0.6 is 0 Å². The van der Waals surface area contributed by atoms with Gasteiger partial charge < -0.3 is 14.6 Å². The fraction of sp³-hybridized carbons (Fsp3) is 0.286. The van der Waals surface area contributed by atoms with Crippen molar-refractivity contribution in [2.45, 2.75) is 4.90 Å². The molecule has 2 N–H and O–H groups in total. The number of fused-ring (bicyclic) bond motifs is 1. The van der Waals surface area contributed by atoms with Gasteiger partial charge in [-0.1, -0.05) is 12.1 Å². The standard InChI is InChI=1S/C14H16O6S/c15-6-7-19-8-9-20-14-3-1-2-11-10-12(21(16,17)18)4-5-13(11)14/h1-5,10,15H,6-9H2,(H,16,17,18). The fourth-order valence-electron chi connectivity index (χ4n) is 1.90. The number of benzene rings is 2. The van der Waals surface area contributed by atoms with Gasteiger partial charge >= 0.3 is 0 Å². The van der Waals surface area contributed by atoms with Crippen molar-refractivity contribution in [2.75, 3.05) is 26.4 Å². The first kappa shape index (κ1) is 15.7. The van der Waals surface area contributed by atoms with Crippen LogP contribution in [0, 0.1) is 0 Å². The predicted octanol–water partition coefficient (Wildman–Crippen LogP) is 1.47. The van der Waals surface area contributed by atoms with E-state index in [9.17, 15) is 8.42 Å². The lowest BCUT2D eigenvalue weighted by molar-refractivity contribution is 0.0708. The van der Waals surface area contributed by atoms with Gasteiger partial charge in [0, 0.05) is 5.39 Å². The summed E-state index contributed by atoms with van der Waals surface area (Å²) in [6.45, 7) is 0.891. The monoisotopic (exact) mass is 312 g/mol. The van der Waals surface area contributed by atoms with Crippen molar-refractivity contribution in [3.8, 4) is 5.75 Å². The van der Waals surface area contributed by atoms with Crippen molar-refractivity contribution in [2.24, 2.45) is 0 Å². The Bertz CT molecular complexity index is 710. The summed E-state index contributed by atoms with van der Waals surface area (Å²) >= 11 is 0. The highest BCUT2D eigenvalue weighted by atomic mass is 32.2. The van der Waals surface area contributed by atoms with Crippen LogP contribution in [0.4, 0.5) is 0 Å². The maximum Gasteiger partial charge on any atom is 0.294 e. The van der Waals surface area contributed by atoms with Crippen LogP contribution in [0.25, 0.3) is 10.8 Å². The molecule has 0 spiro atoms. The Kier molecular flexibility index (Phi) is 5.13. The molecule has 0 saturated carbocycles. The van der Waals surface area contributed by atoms with E-state index in [4.69, 9.17) is 19.1 Å². The molecule has 0 fully saturated rings. The highest BCUT2D eigenvalue weighted by Crippen LogP contribution is 2.27. The van der Waals surface area contributed by atoms with Gasteiger partial charge in [0.2, 0.25) is 0 Å². The molecule has 0 atom stereocenters. The fourth-order valence-corrected chi connectivity index (χ4v) is 2.41. The summed E-state index contributed by atoms with van der Waals surface area (Å²) in [6.07, 6.45) is 0. The summed E-state index contributed by atoms with van der Waals surface area (Å²) in [7, 11) is -4.22. The lowest BCUT2D eigenvalue weighted by Gasteiger charge is -2.10. The second kappa shape index (κ2) is 6.86. The SMILES string of the molecule is O=S(=O)(O)c1ccc2c(OCCOCCO)cccc2c1. The lowest BCUT2D eigenvalue weighted by atomic mass is 10.1. The van der Waals surface area contributed by atoms with Gasteiger partial charge in [-0.2, -0.15) is 8.42 Å². The van der Waals surface area contributed by atoms with Gasteiger partial charge in [0.15, 0.2) is 0 Å². The van der Waals surface area contributed by atoms with Crippen molar-refractivity contribution < 1.29 is 27.6 Å². The summed E-state index contributed by atoms with van der Waals surface area (Å²) in [5.41, 5.74) is 0. The molecule has 2 aromatic carbocycles. The largest absolute Gasteiger partial charge is 0.491 e. The molecule has 6 nitrogen and oxygen atoms in total. The van der Waals surface area contributed by atoms with Crippen molar-refractivity contribution in [1.82, 2.24) is 0 Å². The zero-order valence-corrected chi connectivity index (χ0v) is 12.0. The summed E-state index contributed by atoms with van der Waals surface area (Å²) in [5, 5.41) is 9.97. The molecule has 0 heterocycles. The van der Waals surface area contributed by atoms with Crippen LogP contribution in [0.5, 0.6) is 5.75 Å². The Morgan fingerprint density at radius 3 is 2.57 bits per heavy atom. The Hall–Kier alpha value is -1.67. The first-order chi connectivity index (χ1) is 10.0. The zero-order valence-electron chi connectivity index (χ0n) is 11.2. The highest BCUT2D eigenvalue weighted by Gasteiger charge is 2.11. The lowest BCUT2D eigenvalue weighted by Crippen LogP contribution is -2.09. The van der Waals surface area contributed by atoms with Gasteiger partial charge in [0.1, 0.15) is 12.4 Å². The van der Waals surface area contributed by atoms with Crippen molar-refractivity contribution in [3.63, 3.8) is 0 Å². The molecule has 0 aliphatic carbocycles. The third-order valence-electron chi connectivity index (χ3n) is 2.83. The van der Waals surface area contributed by atoms with E-state index in [1.54, 1.807) is 24.3 Å². The number of ether oxygens (including phenoxy) is 2. The van der Waals surface area contributed by atoms with Crippen molar-refractivity contribution in [1.29, 1.82) is 0 Å². The zero-order chi connectivity index (χ0) is 15.3. The van der Waals surface area contributed by atoms with Gasteiger partial charge in [0.25, 0.3) is 10.1 Å². The minimum absolute atomic E-state index is 0.0350. The van der Waals surface area contributed by atoms with Crippen LogP contribution in [0.2, 0.25) is 0 Å². The molecule has 0 aliphatic heterocycles. The molecule has 0 unspecified atom stereocenters. The molecule has 2 aromatic rings. The number of rotatable bonds is 7. The molecule has 0 amide bonds. The molecule has 0 bridgehead atoms. The minimum Gasteiger partial charge on any atom is -0.491 e. The number of hydrogen-bond donors (Lipinski definition) is 2. The first-order valence-corrected chi connectivity index (χ1v) is 7.78. The normalized spacial score (nSPS) is 11.7. The number of aliphatic hydroxyl groups excluding tert-OH is 1. The quantitative estimate of drug-likeness (QED) is 0.594. The summed E-state index contributed by atoms with van der Waals surface area (Å²) in [6, 6.07) is 9.54. The van der Waals surface area contributed by atoms with Crippen molar-refractivity contribution >= 4 is 20.9 Å². The van der Waals surface area contributed by atoms with E-state index in [2.05, 4.69) is 0 Å². The average Bonchev–Trinajstić information content (AvgIpc) is 2.45. The molecule has 0 saturated heterocycles. The van der Waals surface area contributed by atoms with Crippen LogP contribution < -0.4 is 4.74 Å². The average molecular weight is 312 g/mol. The second-order valence-corrected chi connectivity index (χ2v) is 5.72. The Morgan fingerprint density at radius 2 is 1.86 bits per heavy atom. The molecule has 114 valence electrons. The molecule has 0 radical (unpaired) electrons. The highest BCUT2D eigenvalue weighted by molar-refractivity contribution is 7.85. The molecule has 2 rings (SSSR count). The molecule has 21 heavy (non-hydrogen) atoms. The summed E-state index contributed by atoms with van der Waals surface area (Å²) < 4.78 is 42.0. The summed E-state index contributed by atoms with van der Waals surface area (Å²) in [5.74, 6) is 0.599. The number of hydrogen-bond acceptors (Lipinski definition) is 5. The van der Waals surface area contributed by atoms with E-state index in [0.717, 1.165) is 5.39 Å². The van der Waals surface area contributed by atoms with E-state index in [-0.39, 0.29) is 18.1 Å². The van der Waals surface area contributed by atoms with Gasteiger partial charge in [-0.3, -0.25) is 4.55 Å². The third kappa shape index (κ3) is 4.15. The van der Waals surface area contributed by atoms with E-state index in [1.165, 1.54) is 12.1 Å². The predicted molar refractivity (Wildman–Crippen MR) is 77.2 cm³/mol. The minimum atomic E-state index is -4.22. The molecule has 7 heteroatoms. The smallest absolute Gasteiger partial charge is 0.294 e. The van der Waals surface area contributed by atoms with E-state index < -0.39 is 10.1 Å². The topological polar surface area (TPSA) is 93.1 Å². The Balaban J connectivity index is 2.18. The van der Waals surface area contributed by atoms with Crippen LogP contribution in [-0.2, 0) is 14.9 Å². The molecule has 0 aliphatic rings. The molecular weight excluding hydrogens is 296 g/mol. The van der Waals surface area contributed by atoms with Gasteiger partial charge in [-0.05, 0) is 29.7 Å². The van der Waals surface area contributed by atoms with Gasteiger partial charge in [0.05, 0.1) is 24.7 Å². The third-order valence-corrected chi connectivity index (χ3v) is 3.68. The van der Waals surface area contributed by atoms with Gasteiger partial charge in [-0.15, -0.1) is 0 Å². The maximum absolute atomic E-state index is 11.1. The van der Waals surface area contributed by atoms with E-state index in [1.807, 2.05) is 0 Å². The molecular formula is C14H16O6S. The summed E-state index contributed by atoms with van der Waals surface area (Å²) in [4.78, 5) is -0.154. The first-order valence-electron chi connectivity index (χ1n) is 6.34. The van der Waals surface area contributed by atoms with Crippen LogP contribution in [0.3, 0.4) is 0 Å². The Labute approximate surface area is 122 Å². The van der Waals surface area contributed by atoms with Crippen molar-refractivity contribution in [3.05, 3.63) is 36.4 Å². The van der Waals surface area contributed by atoms with E-state index >= 15 is 0 Å². The molecule has 0 aromatic heterocycles. The maximum atomic E-state index is 11.1. The Morgan fingerprint density at radius 1 is 1.05 bits per heavy atom. The second-order valence-electron chi connectivity index (χ2n) is 4.30. The van der Waals surface area contributed by atoms with Crippen LogP contribution in [0.1, 0.15) is 0 Å². The van der Waals surface area contributed by atoms with Crippen LogP contribution in [0.15, 0.2) is 41.3 Å². The van der Waals surface area contributed by atoms with Crippen LogP contribution in [-0.4, -0.2) is 44.5 Å². The van der Waals surface area contributed by atoms with E-state index in [0.29, 0.717) is 24.3 Å². The number of aliphatic hydroxyl groups is 1.